The minimum atomic E-state index is -0.916. The molecular formula is C14H14ClF2NO3. The van der Waals surface area contributed by atoms with E-state index < -0.39 is 40.1 Å². The molecule has 1 amide bonds. The maximum absolute atomic E-state index is 13.8. The molecule has 0 aliphatic carbocycles. The summed E-state index contributed by atoms with van der Waals surface area (Å²) in [5.74, 6) is -3.09. The average molecular weight is 318 g/mol. The fraction of sp³-hybridized carbons (Fsp3) is 0.429. The van der Waals surface area contributed by atoms with Gasteiger partial charge in [0.05, 0.1) is 17.7 Å². The number of ether oxygens (including phenoxy) is 1. The summed E-state index contributed by atoms with van der Waals surface area (Å²) in [4.78, 5) is 25.3. The molecule has 0 aromatic heterocycles. The van der Waals surface area contributed by atoms with E-state index >= 15 is 0 Å². The molecule has 2 rings (SSSR count). The van der Waals surface area contributed by atoms with Crippen molar-refractivity contribution in [1.82, 2.24) is 4.90 Å². The molecule has 1 saturated heterocycles. The van der Waals surface area contributed by atoms with E-state index in [1.54, 1.807) is 0 Å². The number of benzene rings is 1. The van der Waals surface area contributed by atoms with E-state index in [0.29, 0.717) is 19.4 Å². The van der Waals surface area contributed by atoms with E-state index in [2.05, 4.69) is 4.74 Å². The molecule has 0 spiro atoms. The molecule has 1 atom stereocenters. The van der Waals surface area contributed by atoms with Crippen LogP contribution in [0.4, 0.5) is 8.78 Å². The van der Waals surface area contributed by atoms with Gasteiger partial charge in [-0.25, -0.2) is 13.6 Å². The molecular weight excluding hydrogens is 304 g/mol. The van der Waals surface area contributed by atoms with E-state index in [1.165, 1.54) is 12.0 Å². The Morgan fingerprint density at radius 1 is 1.29 bits per heavy atom. The van der Waals surface area contributed by atoms with Gasteiger partial charge in [-0.2, -0.15) is 0 Å². The van der Waals surface area contributed by atoms with Gasteiger partial charge in [0.2, 0.25) is 0 Å². The van der Waals surface area contributed by atoms with Crippen molar-refractivity contribution in [1.29, 1.82) is 0 Å². The van der Waals surface area contributed by atoms with Gasteiger partial charge in [-0.3, -0.25) is 4.79 Å². The molecule has 1 unspecified atom stereocenters. The maximum Gasteiger partial charge on any atom is 0.328 e. The van der Waals surface area contributed by atoms with Crippen molar-refractivity contribution in [3.05, 3.63) is 34.4 Å². The van der Waals surface area contributed by atoms with E-state index in [4.69, 9.17) is 11.6 Å². The van der Waals surface area contributed by atoms with Crippen LogP contribution in [0, 0.1) is 11.6 Å². The Bertz CT molecular complexity index is 580. The van der Waals surface area contributed by atoms with Crippen molar-refractivity contribution in [2.45, 2.75) is 25.3 Å². The van der Waals surface area contributed by atoms with Crippen LogP contribution in [0.25, 0.3) is 0 Å². The van der Waals surface area contributed by atoms with Crippen LogP contribution >= 0.6 is 11.6 Å². The molecule has 0 saturated carbocycles. The molecule has 21 heavy (non-hydrogen) atoms. The van der Waals surface area contributed by atoms with E-state index in [-0.39, 0.29) is 0 Å². The van der Waals surface area contributed by atoms with Crippen LogP contribution in [-0.2, 0) is 9.53 Å². The lowest BCUT2D eigenvalue weighted by Crippen LogP contribution is -2.48. The summed E-state index contributed by atoms with van der Waals surface area (Å²) in [6.07, 6.45) is 1.90. The summed E-state index contributed by atoms with van der Waals surface area (Å²) in [6.45, 7) is 0.294. The highest BCUT2D eigenvalue weighted by atomic mass is 35.5. The number of hydrogen-bond donors (Lipinski definition) is 0. The lowest BCUT2D eigenvalue weighted by atomic mass is 10.0. The quantitative estimate of drug-likeness (QED) is 0.622. The van der Waals surface area contributed by atoms with Gasteiger partial charge in [0, 0.05) is 6.54 Å². The molecule has 4 nitrogen and oxygen atoms in total. The monoisotopic (exact) mass is 317 g/mol. The number of piperidine rings is 1. The number of rotatable bonds is 2. The first-order valence-corrected chi connectivity index (χ1v) is 6.87. The van der Waals surface area contributed by atoms with Crippen molar-refractivity contribution in [3.63, 3.8) is 0 Å². The van der Waals surface area contributed by atoms with Gasteiger partial charge in [-0.15, -0.1) is 0 Å². The fourth-order valence-electron chi connectivity index (χ4n) is 2.40. The zero-order valence-electron chi connectivity index (χ0n) is 11.4. The van der Waals surface area contributed by atoms with Gasteiger partial charge in [0.1, 0.15) is 17.7 Å². The zero-order valence-corrected chi connectivity index (χ0v) is 12.1. The lowest BCUT2D eigenvalue weighted by molar-refractivity contribution is -0.147. The highest BCUT2D eigenvalue weighted by molar-refractivity contribution is 6.30. The number of likely N-dealkylation sites (tertiary alicyclic amines) is 1. The van der Waals surface area contributed by atoms with E-state index in [1.807, 2.05) is 0 Å². The predicted molar refractivity (Wildman–Crippen MR) is 72.1 cm³/mol. The van der Waals surface area contributed by atoms with Crippen LogP contribution in [0.3, 0.4) is 0 Å². The molecule has 1 aromatic rings. The Morgan fingerprint density at radius 2 is 2.00 bits per heavy atom. The summed E-state index contributed by atoms with van der Waals surface area (Å²) in [5, 5.41) is -0.396. The SMILES string of the molecule is COC(=O)C1CCCCN1C(=O)c1cc(F)c(Cl)cc1F. The Kier molecular flexibility index (Phi) is 4.77. The number of carbonyl (C=O) groups is 2. The third-order valence-corrected chi connectivity index (χ3v) is 3.77. The van der Waals surface area contributed by atoms with Gasteiger partial charge in [-0.05, 0) is 31.4 Å². The second-order valence-electron chi connectivity index (χ2n) is 4.78. The predicted octanol–water partition coefficient (Wildman–Crippen LogP) is 2.79. The smallest absolute Gasteiger partial charge is 0.328 e. The molecule has 1 aromatic carbocycles. The molecule has 7 heteroatoms. The molecule has 1 fully saturated rings. The highest BCUT2D eigenvalue weighted by Gasteiger charge is 2.34. The molecule has 0 bridgehead atoms. The van der Waals surface area contributed by atoms with Crippen LogP contribution < -0.4 is 0 Å². The summed E-state index contributed by atoms with van der Waals surface area (Å²) in [6, 6.07) is 0.735. The van der Waals surface area contributed by atoms with Gasteiger partial charge < -0.3 is 9.64 Å². The zero-order chi connectivity index (χ0) is 15.6. The van der Waals surface area contributed by atoms with E-state index in [9.17, 15) is 18.4 Å². The lowest BCUT2D eigenvalue weighted by Gasteiger charge is -2.33. The van der Waals surface area contributed by atoms with Crippen LogP contribution in [-0.4, -0.2) is 36.5 Å². The minimum absolute atomic E-state index is 0.294. The van der Waals surface area contributed by atoms with Crippen molar-refractivity contribution < 1.29 is 23.1 Å². The standard InChI is InChI=1S/C14H14ClF2NO3/c1-21-14(20)12-4-2-3-5-18(12)13(19)8-6-11(17)9(15)7-10(8)16/h6-7,12H,2-5H2,1H3. The van der Waals surface area contributed by atoms with Crippen molar-refractivity contribution in [2.75, 3.05) is 13.7 Å². The summed E-state index contributed by atoms with van der Waals surface area (Å²) in [7, 11) is 1.22. The third kappa shape index (κ3) is 3.15. The largest absolute Gasteiger partial charge is 0.467 e. The number of amides is 1. The normalized spacial score (nSPS) is 18.5. The van der Waals surface area contributed by atoms with Crippen LogP contribution in [0.1, 0.15) is 29.6 Å². The summed E-state index contributed by atoms with van der Waals surface area (Å²) < 4.78 is 31.9. The second kappa shape index (κ2) is 6.39. The van der Waals surface area contributed by atoms with Gasteiger partial charge >= 0.3 is 5.97 Å². The number of esters is 1. The van der Waals surface area contributed by atoms with Gasteiger partial charge in [-0.1, -0.05) is 11.6 Å². The Balaban J connectivity index is 2.33. The molecule has 1 aliphatic heterocycles. The summed E-state index contributed by atoms with van der Waals surface area (Å²) in [5.41, 5.74) is -0.437. The van der Waals surface area contributed by atoms with Crippen LogP contribution in [0.5, 0.6) is 0 Å². The van der Waals surface area contributed by atoms with Crippen molar-refractivity contribution in [3.8, 4) is 0 Å². The fourth-order valence-corrected chi connectivity index (χ4v) is 2.55. The number of methoxy groups -OCH3 is 1. The van der Waals surface area contributed by atoms with Gasteiger partial charge in [0.25, 0.3) is 5.91 Å². The number of halogens is 3. The second-order valence-corrected chi connectivity index (χ2v) is 5.19. The average Bonchev–Trinajstić information content (AvgIpc) is 2.49. The van der Waals surface area contributed by atoms with Gasteiger partial charge in [0.15, 0.2) is 0 Å². The van der Waals surface area contributed by atoms with E-state index in [0.717, 1.165) is 18.6 Å². The molecule has 1 aliphatic rings. The summed E-state index contributed by atoms with van der Waals surface area (Å²) >= 11 is 5.46. The van der Waals surface area contributed by atoms with Crippen LogP contribution in [0.2, 0.25) is 5.02 Å². The third-order valence-electron chi connectivity index (χ3n) is 3.48. The van der Waals surface area contributed by atoms with Crippen molar-refractivity contribution >= 4 is 23.5 Å². The first-order valence-electron chi connectivity index (χ1n) is 6.49. The number of carbonyl (C=O) groups excluding carboxylic acids is 2. The Labute approximate surface area is 125 Å². The molecule has 114 valence electrons. The highest BCUT2D eigenvalue weighted by Crippen LogP contribution is 2.24. The number of nitrogens with zero attached hydrogens (tertiary/aromatic N) is 1. The number of hydrogen-bond acceptors (Lipinski definition) is 3. The maximum atomic E-state index is 13.8. The first-order chi connectivity index (χ1) is 9.95. The Hall–Kier alpha value is -1.69. The first kappa shape index (κ1) is 15.7. The molecule has 0 N–H and O–H groups in total. The molecule has 1 heterocycles. The van der Waals surface area contributed by atoms with Crippen LogP contribution in [0.15, 0.2) is 12.1 Å². The molecule has 0 radical (unpaired) electrons. The Morgan fingerprint density at radius 3 is 2.67 bits per heavy atom. The topological polar surface area (TPSA) is 46.6 Å². The minimum Gasteiger partial charge on any atom is -0.467 e. The van der Waals surface area contributed by atoms with Crippen molar-refractivity contribution in [2.24, 2.45) is 0 Å².